The van der Waals surface area contributed by atoms with E-state index in [1.165, 1.54) is 20.3 Å². The van der Waals surface area contributed by atoms with E-state index in [9.17, 15) is 4.39 Å². The van der Waals surface area contributed by atoms with Crippen LogP contribution in [0.1, 0.15) is 17.2 Å². The molecule has 1 atom stereocenters. The molecule has 0 amide bonds. The first-order valence-corrected chi connectivity index (χ1v) is 7.68. The highest BCUT2D eigenvalue weighted by Crippen LogP contribution is 2.34. The Balaban J connectivity index is 2.49. The van der Waals surface area contributed by atoms with Crippen molar-refractivity contribution in [1.82, 2.24) is 0 Å². The molecule has 0 fully saturated rings. The Hall–Kier alpha value is -1.11. The number of ether oxygens (including phenoxy) is 2. The molecule has 0 aromatic heterocycles. The third kappa shape index (κ3) is 3.56. The number of hydrogen-bond acceptors (Lipinski definition) is 3. The van der Waals surface area contributed by atoms with Gasteiger partial charge in [0.25, 0.3) is 0 Å². The summed E-state index contributed by atoms with van der Waals surface area (Å²) in [6.07, 6.45) is 0. The van der Waals surface area contributed by atoms with Crippen molar-refractivity contribution >= 4 is 31.9 Å². The molecule has 0 aliphatic heterocycles. The van der Waals surface area contributed by atoms with Gasteiger partial charge in [-0.2, -0.15) is 0 Å². The normalized spacial score (nSPS) is 12.1. The molecule has 2 N–H and O–H groups in total. The van der Waals surface area contributed by atoms with Crippen molar-refractivity contribution in [3.63, 3.8) is 0 Å². The average Bonchev–Trinajstić information content (AvgIpc) is 2.45. The highest BCUT2D eigenvalue weighted by molar-refractivity contribution is 9.11. The zero-order chi connectivity index (χ0) is 15.6. The molecular weight excluding hydrogens is 405 g/mol. The standard InChI is InChI=1S/C15H14Br2FNO2/c1-20-13-6-11(12(18)7-14(13)21-2)15(19)8-3-9(16)5-10(17)4-8/h3-7,15H,19H2,1-2H3. The molecular formula is C15H14Br2FNO2. The van der Waals surface area contributed by atoms with Gasteiger partial charge in [0, 0.05) is 20.6 Å². The number of rotatable bonds is 4. The van der Waals surface area contributed by atoms with Gasteiger partial charge in [-0.15, -0.1) is 0 Å². The number of hydrogen-bond donors (Lipinski definition) is 1. The Morgan fingerprint density at radius 2 is 1.48 bits per heavy atom. The van der Waals surface area contributed by atoms with Gasteiger partial charge in [-0.25, -0.2) is 4.39 Å². The highest BCUT2D eigenvalue weighted by atomic mass is 79.9. The summed E-state index contributed by atoms with van der Waals surface area (Å²) < 4.78 is 26.3. The lowest BCUT2D eigenvalue weighted by atomic mass is 9.98. The third-order valence-electron chi connectivity index (χ3n) is 3.08. The van der Waals surface area contributed by atoms with E-state index in [0.29, 0.717) is 17.1 Å². The summed E-state index contributed by atoms with van der Waals surface area (Å²) in [5.74, 6) is 0.344. The van der Waals surface area contributed by atoms with E-state index in [1.807, 2.05) is 18.2 Å². The molecule has 0 aliphatic carbocycles. The molecule has 2 aromatic carbocycles. The van der Waals surface area contributed by atoms with E-state index in [1.54, 1.807) is 6.07 Å². The maximum atomic E-state index is 14.3. The Labute approximate surface area is 139 Å². The van der Waals surface area contributed by atoms with E-state index in [4.69, 9.17) is 15.2 Å². The highest BCUT2D eigenvalue weighted by Gasteiger charge is 2.18. The van der Waals surface area contributed by atoms with Crippen LogP contribution < -0.4 is 15.2 Å². The lowest BCUT2D eigenvalue weighted by molar-refractivity contribution is 0.351. The quantitative estimate of drug-likeness (QED) is 0.799. The molecule has 0 aliphatic rings. The molecule has 112 valence electrons. The number of halogens is 3. The van der Waals surface area contributed by atoms with Gasteiger partial charge in [0.05, 0.1) is 20.3 Å². The first-order valence-electron chi connectivity index (χ1n) is 6.09. The van der Waals surface area contributed by atoms with Crippen molar-refractivity contribution in [2.75, 3.05) is 14.2 Å². The van der Waals surface area contributed by atoms with Crippen molar-refractivity contribution in [1.29, 1.82) is 0 Å². The molecule has 0 radical (unpaired) electrons. The van der Waals surface area contributed by atoms with Gasteiger partial charge in [-0.05, 0) is 29.8 Å². The summed E-state index contributed by atoms with van der Waals surface area (Å²) in [4.78, 5) is 0. The predicted molar refractivity (Wildman–Crippen MR) is 87.4 cm³/mol. The minimum atomic E-state index is -0.612. The summed E-state index contributed by atoms with van der Waals surface area (Å²) in [6.45, 7) is 0. The third-order valence-corrected chi connectivity index (χ3v) is 4.00. The van der Waals surface area contributed by atoms with Crippen LogP contribution in [-0.2, 0) is 0 Å². The lowest BCUT2D eigenvalue weighted by Crippen LogP contribution is -2.14. The van der Waals surface area contributed by atoms with Gasteiger partial charge < -0.3 is 15.2 Å². The fourth-order valence-electron chi connectivity index (χ4n) is 2.04. The number of benzene rings is 2. The second-order valence-corrected chi connectivity index (χ2v) is 6.24. The molecule has 0 bridgehead atoms. The molecule has 21 heavy (non-hydrogen) atoms. The van der Waals surface area contributed by atoms with Crippen LogP contribution >= 0.6 is 31.9 Å². The summed E-state index contributed by atoms with van der Waals surface area (Å²) in [5, 5.41) is 0. The van der Waals surface area contributed by atoms with E-state index in [0.717, 1.165) is 14.5 Å². The van der Waals surface area contributed by atoms with Crippen LogP contribution in [0.4, 0.5) is 4.39 Å². The van der Waals surface area contributed by atoms with Gasteiger partial charge in [0.15, 0.2) is 11.5 Å². The Morgan fingerprint density at radius 3 is 2.00 bits per heavy atom. The van der Waals surface area contributed by atoms with Gasteiger partial charge in [-0.1, -0.05) is 31.9 Å². The van der Waals surface area contributed by atoms with Crippen LogP contribution in [0.3, 0.4) is 0 Å². The lowest BCUT2D eigenvalue weighted by Gasteiger charge is -2.17. The van der Waals surface area contributed by atoms with E-state index in [-0.39, 0.29) is 0 Å². The molecule has 2 aromatic rings. The van der Waals surface area contributed by atoms with Gasteiger partial charge in [0.2, 0.25) is 0 Å². The van der Waals surface area contributed by atoms with Crippen molar-refractivity contribution in [2.45, 2.75) is 6.04 Å². The maximum absolute atomic E-state index is 14.3. The van der Waals surface area contributed by atoms with E-state index < -0.39 is 11.9 Å². The minimum Gasteiger partial charge on any atom is -0.493 e. The second-order valence-electron chi connectivity index (χ2n) is 4.41. The fraction of sp³-hybridized carbons (Fsp3) is 0.200. The van der Waals surface area contributed by atoms with Crippen molar-refractivity contribution in [3.05, 3.63) is 56.2 Å². The number of methoxy groups -OCH3 is 2. The Morgan fingerprint density at radius 1 is 0.952 bits per heavy atom. The molecule has 0 saturated heterocycles. The Bertz CT molecular complexity index is 644. The predicted octanol–water partition coefficient (Wildman–Crippen LogP) is 4.42. The molecule has 0 saturated carbocycles. The van der Waals surface area contributed by atoms with Gasteiger partial charge in [0.1, 0.15) is 5.82 Å². The van der Waals surface area contributed by atoms with Crippen molar-refractivity contribution in [3.8, 4) is 11.5 Å². The largest absolute Gasteiger partial charge is 0.493 e. The molecule has 0 spiro atoms. The van der Waals surface area contributed by atoms with Crippen LogP contribution in [0.15, 0.2) is 39.3 Å². The van der Waals surface area contributed by atoms with Crippen LogP contribution in [-0.4, -0.2) is 14.2 Å². The SMILES string of the molecule is COc1cc(F)c(C(N)c2cc(Br)cc(Br)c2)cc1OC. The zero-order valence-electron chi connectivity index (χ0n) is 11.5. The van der Waals surface area contributed by atoms with Gasteiger partial charge in [-0.3, -0.25) is 0 Å². The van der Waals surface area contributed by atoms with Crippen molar-refractivity contribution < 1.29 is 13.9 Å². The average molecular weight is 419 g/mol. The van der Waals surface area contributed by atoms with Crippen LogP contribution in [0.25, 0.3) is 0 Å². The monoisotopic (exact) mass is 417 g/mol. The van der Waals surface area contributed by atoms with Crippen LogP contribution in [0, 0.1) is 5.82 Å². The molecule has 6 heteroatoms. The zero-order valence-corrected chi connectivity index (χ0v) is 14.7. The number of nitrogens with two attached hydrogens (primary N) is 1. The summed E-state index contributed by atoms with van der Waals surface area (Å²) in [5.41, 5.74) is 7.32. The summed E-state index contributed by atoms with van der Waals surface area (Å²) in [6, 6.07) is 7.83. The molecule has 2 rings (SSSR count). The summed E-state index contributed by atoms with van der Waals surface area (Å²) >= 11 is 6.80. The Kier molecular flexibility index (Phi) is 5.24. The second kappa shape index (κ2) is 6.77. The first-order chi connectivity index (χ1) is 9.96. The molecule has 0 heterocycles. The summed E-state index contributed by atoms with van der Waals surface area (Å²) in [7, 11) is 2.96. The topological polar surface area (TPSA) is 44.5 Å². The first kappa shape index (κ1) is 16.3. The fourth-order valence-corrected chi connectivity index (χ4v) is 3.37. The maximum Gasteiger partial charge on any atom is 0.163 e. The molecule has 3 nitrogen and oxygen atoms in total. The van der Waals surface area contributed by atoms with E-state index >= 15 is 0 Å². The van der Waals surface area contributed by atoms with Crippen molar-refractivity contribution in [2.24, 2.45) is 5.73 Å². The smallest absolute Gasteiger partial charge is 0.163 e. The van der Waals surface area contributed by atoms with Crippen LogP contribution in [0.2, 0.25) is 0 Å². The van der Waals surface area contributed by atoms with E-state index in [2.05, 4.69) is 31.9 Å². The molecule has 1 unspecified atom stereocenters. The van der Waals surface area contributed by atoms with Crippen LogP contribution in [0.5, 0.6) is 11.5 Å². The van der Waals surface area contributed by atoms with Gasteiger partial charge >= 0.3 is 0 Å². The minimum absolute atomic E-state index is 0.335.